The van der Waals surface area contributed by atoms with E-state index in [1.165, 1.54) is 0 Å². The predicted molar refractivity (Wildman–Crippen MR) is 69.4 cm³/mol. The minimum absolute atomic E-state index is 0.00293. The number of hydrogen-bond acceptors (Lipinski definition) is 4. The number of hydrogen-bond donors (Lipinski definition) is 0. The molecule has 0 bridgehead atoms. The number of nitrogens with zero attached hydrogens (tertiary/aromatic N) is 3. The third-order valence-electron chi connectivity index (χ3n) is 2.86. The summed E-state index contributed by atoms with van der Waals surface area (Å²) in [5.41, 5.74) is 0.334. The van der Waals surface area contributed by atoms with Gasteiger partial charge in [-0.1, -0.05) is 32.4 Å². The first kappa shape index (κ1) is 12.5. The highest BCUT2D eigenvalue weighted by Crippen LogP contribution is 2.05. The monoisotopic (exact) mass is 247 g/mol. The Morgan fingerprint density at radius 2 is 2.11 bits per heavy atom. The SMILES string of the molecule is CCCC(CC)On1nnc2ccccc2c1=O. The summed E-state index contributed by atoms with van der Waals surface area (Å²) in [4.78, 5) is 18.7. The second kappa shape index (κ2) is 5.62. The van der Waals surface area contributed by atoms with Crippen molar-refractivity contribution < 1.29 is 4.84 Å². The minimum atomic E-state index is -0.254. The molecule has 2 rings (SSSR count). The topological polar surface area (TPSA) is 57.0 Å². The van der Waals surface area contributed by atoms with E-state index < -0.39 is 0 Å². The largest absolute Gasteiger partial charge is 0.389 e. The van der Waals surface area contributed by atoms with E-state index in [1.807, 2.05) is 13.0 Å². The number of fused-ring (bicyclic) bond motifs is 1. The molecule has 18 heavy (non-hydrogen) atoms. The highest BCUT2D eigenvalue weighted by Gasteiger charge is 2.11. The van der Waals surface area contributed by atoms with Gasteiger partial charge in [0.1, 0.15) is 11.6 Å². The first-order chi connectivity index (χ1) is 8.76. The molecule has 0 radical (unpaired) electrons. The van der Waals surface area contributed by atoms with Crippen molar-refractivity contribution in [1.82, 2.24) is 15.2 Å². The Balaban J connectivity index is 2.34. The van der Waals surface area contributed by atoms with Gasteiger partial charge in [-0.25, -0.2) is 0 Å². The van der Waals surface area contributed by atoms with Crippen molar-refractivity contribution in [2.45, 2.75) is 39.2 Å². The van der Waals surface area contributed by atoms with Crippen LogP contribution in [0.1, 0.15) is 33.1 Å². The van der Waals surface area contributed by atoms with Crippen LogP contribution in [0.3, 0.4) is 0 Å². The Bertz CT molecular complexity index is 580. The molecule has 0 saturated heterocycles. The molecule has 0 aliphatic carbocycles. The van der Waals surface area contributed by atoms with E-state index in [9.17, 15) is 4.79 Å². The number of benzene rings is 1. The van der Waals surface area contributed by atoms with Gasteiger partial charge in [0, 0.05) is 0 Å². The van der Waals surface area contributed by atoms with Crippen LogP contribution in [0.5, 0.6) is 0 Å². The van der Waals surface area contributed by atoms with Gasteiger partial charge in [-0.15, -0.1) is 5.10 Å². The van der Waals surface area contributed by atoms with Crippen molar-refractivity contribution >= 4 is 10.9 Å². The summed E-state index contributed by atoms with van der Waals surface area (Å²) in [5, 5.41) is 8.31. The lowest BCUT2D eigenvalue weighted by Gasteiger charge is -2.15. The highest BCUT2D eigenvalue weighted by molar-refractivity contribution is 5.76. The lowest BCUT2D eigenvalue weighted by molar-refractivity contribution is -0.00313. The van der Waals surface area contributed by atoms with Crippen LogP contribution < -0.4 is 10.4 Å². The van der Waals surface area contributed by atoms with Crippen LogP contribution in [0.2, 0.25) is 0 Å². The lowest BCUT2D eigenvalue weighted by atomic mass is 10.2. The molecule has 0 saturated carbocycles. The van der Waals surface area contributed by atoms with Crippen LogP contribution in [0, 0.1) is 0 Å². The lowest BCUT2D eigenvalue weighted by Crippen LogP contribution is -2.35. The van der Waals surface area contributed by atoms with Gasteiger partial charge in [0.15, 0.2) is 0 Å². The molecule has 2 aromatic rings. The zero-order chi connectivity index (χ0) is 13.0. The summed E-state index contributed by atoms with van der Waals surface area (Å²) >= 11 is 0. The van der Waals surface area contributed by atoms with Crippen LogP contribution >= 0.6 is 0 Å². The molecule has 1 aromatic heterocycles. The van der Waals surface area contributed by atoms with E-state index in [4.69, 9.17) is 4.84 Å². The Hall–Kier alpha value is -1.91. The summed E-state index contributed by atoms with van der Waals surface area (Å²) in [6.07, 6.45) is 2.75. The summed E-state index contributed by atoms with van der Waals surface area (Å²) in [7, 11) is 0. The maximum Gasteiger partial charge on any atom is 0.314 e. The maximum absolute atomic E-state index is 12.1. The van der Waals surface area contributed by atoms with Crippen molar-refractivity contribution in [3.05, 3.63) is 34.6 Å². The van der Waals surface area contributed by atoms with Crippen LogP contribution in [-0.2, 0) is 0 Å². The van der Waals surface area contributed by atoms with Crippen molar-refractivity contribution in [3.8, 4) is 0 Å². The van der Waals surface area contributed by atoms with Gasteiger partial charge < -0.3 is 4.84 Å². The molecule has 0 aliphatic rings. The van der Waals surface area contributed by atoms with Gasteiger partial charge >= 0.3 is 5.56 Å². The quantitative estimate of drug-likeness (QED) is 0.808. The molecule has 5 nitrogen and oxygen atoms in total. The van der Waals surface area contributed by atoms with E-state index in [-0.39, 0.29) is 11.7 Å². The van der Waals surface area contributed by atoms with E-state index in [0.29, 0.717) is 10.9 Å². The van der Waals surface area contributed by atoms with Crippen molar-refractivity contribution in [2.24, 2.45) is 0 Å². The molecule has 0 spiro atoms. The second-order valence-electron chi connectivity index (χ2n) is 4.21. The Labute approximate surface area is 105 Å². The summed E-state index contributed by atoms with van der Waals surface area (Å²) in [6.45, 7) is 4.11. The zero-order valence-corrected chi connectivity index (χ0v) is 10.7. The van der Waals surface area contributed by atoms with Crippen molar-refractivity contribution in [1.29, 1.82) is 0 Å². The van der Waals surface area contributed by atoms with Crippen molar-refractivity contribution in [2.75, 3.05) is 0 Å². The summed E-state index contributed by atoms with van der Waals surface area (Å²) < 4.78 is 0. The molecular formula is C13H17N3O2. The van der Waals surface area contributed by atoms with E-state index in [0.717, 1.165) is 24.1 Å². The predicted octanol–water partition coefficient (Wildman–Crippen LogP) is 1.80. The van der Waals surface area contributed by atoms with E-state index in [2.05, 4.69) is 17.2 Å². The molecule has 1 heterocycles. The fourth-order valence-electron chi connectivity index (χ4n) is 1.84. The van der Waals surface area contributed by atoms with Crippen LogP contribution in [0.15, 0.2) is 29.1 Å². The Kier molecular flexibility index (Phi) is 3.92. The molecule has 1 atom stereocenters. The molecule has 0 aliphatic heterocycles. The fraction of sp³-hybridized carbons (Fsp3) is 0.462. The molecule has 96 valence electrons. The average Bonchev–Trinajstić information content (AvgIpc) is 2.41. The van der Waals surface area contributed by atoms with E-state index >= 15 is 0 Å². The molecule has 0 N–H and O–H groups in total. The molecule has 0 amide bonds. The Morgan fingerprint density at radius 3 is 2.83 bits per heavy atom. The van der Waals surface area contributed by atoms with Gasteiger partial charge in [0.25, 0.3) is 0 Å². The van der Waals surface area contributed by atoms with Crippen molar-refractivity contribution in [3.63, 3.8) is 0 Å². The van der Waals surface area contributed by atoms with Gasteiger partial charge in [-0.3, -0.25) is 4.79 Å². The van der Waals surface area contributed by atoms with E-state index in [1.54, 1.807) is 18.2 Å². The maximum atomic E-state index is 12.1. The summed E-state index contributed by atoms with van der Waals surface area (Å²) in [6, 6.07) is 7.12. The molecule has 1 unspecified atom stereocenters. The second-order valence-corrected chi connectivity index (χ2v) is 4.21. The van der Waals surface area contributed by atoms with Gasteiger partial charge in [0.05, 0.1) is 5.39 Å². The van der Waals surface area contributed by atoms with Gasteiger partial charge in [0.2, 0.25) is 0 Å². The van der Waals surface area contributed by atoms with Crippen LogP contribution in [0.25, 0.3) is 10.9 Å². The van der Waals surface area contributed by atoms with Gasteiger partial charge in [-0.2, -0.15) is 0 Å². The molecule has 5 heteroatoms. The Morgan fingerprint density at radius 1 is 1.33 bits per heavy atom. The minimum Gasteiger partial charge on any atom is -0.389 e. The van der Waals surface area contributed by atoms with Crippen LogP contribution in [-0.4, -0.2) is 21.3 Å². The first-order valence-electron chi connectivity index (χ1n) is 6.28. The molecule has 0 fully saturated rings. The highest BCUT2D eigenvalue weighted by atomic mass is 16.7. The standard InChI is InChI=1S/C13H17N3O2/c1-3-7-10(4-2)18-16-13(17)11-8-5-6-9-12(11)14-15-16/h5-6,8-10H,3-4,7H2,1-2H3. The fourth-order valence-corrected chi connectivity index (χ4v) is 1.84. The first-order valence-corrected chi connectivity index (χ1v) is 6.28. The third kappa shape index (κ3) is 2.50. The zero-order valence-electron chi connectivity index (χ0n) is 10.7. The van der Waals surface area contributed by atoms with Gasteiger partial charge in [-0.05, 0) is 35.0 Å². The molecular weight excluding hydrogens is 230 g/mol. The average molecular weight is 247 g/mol. The number of aromatic nitrogens is 3. The summed E-state index contributed by atoms with van der Waals surface area (Å²) in [5.74, 6) is 0. The van der Waals surface area contributed by atoms with Crippen LogP contribution in [0.4, 0.5) is 0 Å². The number of rotatable bonds is 5. The molecule has 1 aromatic carbocycles. The third-order valence-corrected chi connectivity index (χ3v) is 2.86. The normalized spacial score (nSPS) is 12.6. The smallest absolute Gasteiger partial charge is 0.314 e.